The minimum atomic E-state index is -4.69. The first kappa shape index (κ1) is 26.4. The number of benzene rings is 2. The quantitative estimate of drug-likeness (QED) is 0.346. The molecule has 0 amide bonds. The van der Waals surface area contributed by atoms with Crippen molar-refractivity contribution < 1.29 is 25.6 Å². The van der Waals surface area contributed by atoms with Gasteiger partial charge in [-0.2, -0.15) is 8.42 Å². The van der Waals surface area contributed by atoms with Gasteiger partial charge >= 0.3 is 10.1 Å². The maximum absolute atomic E-state index is 13.5. The van der Waals surface area contributed by atoms with Gasteiger partial charge in [-0.1, -0.05) is 67.5 Å². The zero-order valence-corrected chi connectivity index (χ0v) is 21.6. The van der Waals surface area contributed by atoms with Crippen LogP contribution in [0.5, 0.6) is 5.75 Å². The van der Waals surface area contributed by atoms with Crippen LogP contribution in [0.4, 0.5) is 0 Å². The average molecular weight is 482 g/mol. The van der Waals surface area contributed by atoms with Crippen LogP contribution in [-0.2, 0) is 20.2 Å². The first-order valence-electron chi connectivity index (χ1n) is 10.8. The Morgan fingerprint density at radius 2 is 1.16 bits per heavy atom. The summed E-state index contributed by atoms with van der Waals surface area (Å²) in [6.07, 6.45) is 0. The van der Waals surface area contributed by atoms with Crippen molar-refractivity contribution in [2.45, 2.75) is 88.9 Å². The van der Waals surface area contributed by atoms with E-state index in [1.807, 2.05) is 39.8 Å². The van der Waals surface area contributed by atoms with Gasteiger partial charge < -0.3 is 8.74 Å². The first-order valence-corrected chi connectivity index (χ1v) is 13.6. The summed E-state index contributed by atoms with van der Waals surface area (Å²) in [7, 11) is -8.92. The standard InChI is InChI=1S/C24H34O6S2/c1-14(2)18-11-21(16(5)6)24(22(12-18)17(7)8)32(28,29)30-19-9-10-23(31(25,26)27)20(13-19)15(3)4/h9-17H,1-8H3,(H,25,26,27)/p-1. The molecule has 0 aliphatic rings. The highest BCUT2D eigenvalue weighted by Crippen LogP contribution is 2.37. The normalized spacial score (nSPS) is 12.9. The van der Waals surface area contributed by atoms with Crippen LogP contribution in [0.1, 0.15) is 101 Å². The van der Waals surface area contributed by atoms with Crippen LogP contribution in [0.25, 0.3) is 0 Å². The second-order valence-electron chi connectivity index (χ2n) is 9.34. The van der Waals surface area contributed by atoms with E-state index in [9.17, 15) is 21.4 Å². The van der Waals surface area contributed by atoms with Gasteiger partial charge in [-0.25, -0.2) is 8.42 Å². The molecule has 32 heavy (non-hydrogen) atoms. The van der Waals surface area contributed by atoms with Crippen molar-refractivity contribution in [3.05, 3.63) is 52.6 Å². The molecule has 6 nitrogen and oxygen atoms in total. The van der Waals surface area contributed by atoms with E-state index in [1.165, 1.54) is 12.1 Å². The van der Waals surface area contributed by atoms with Gasteiger partial charge in [0.1, 0.15) is 20.8 Å². The lowest BCUT2D eigenvalue weighted by Crippen LogP contribution is -2.17. The maximum Gasteiger partial charge on any atom is 0.339 e. The maximum atomic E-state index is 13.5. The van der Waals surface area contributed by atoms with Crippen molar-refractivity contribution in [1.82, 2.24) is 0 Å². The molecule has 0 aliphatic heterocycles. The zero-order chi connectivity index (χ0) is 24.6. The molecule has 8 heteroatoms. The van der Waals surface area contributed by atoms with Gasteiger partial charge in [0.2, 0.25) is 0 Å². The highest BCUT2D eigenvalue weighted by atomic mass is 32.2. The molecule has 2 aromatic rings. The summed E-state index contributed by atoms with van der Waals surface area (Å²) in [4.78, 5) is -0.220. The number of rotatable bonds is 8. The Labute approximate surface area is 192 Å². The molecule has 0 saturated carbocycles. The Balaban J connectivity index is 2.71. The third kappa shape index (κ3) is 5.71. The summed E-state index contributed by atoms with van der Waals surface area (Å²) in [6, 6.07) is 7.48. The summed E-state index contributed by atoms with van der Waals surface area (Å²) in [5.41, 5.74) is 2.64. The highest BCUT2D eigenvalue weighted by Gasteiger charge is 2.29. The van der Waals surface area contributed by atoms with Crippen molar-refractivity contribution in [2.24, 2.45) is 0 Å². The van der Waals surface area contributed by atoms with Crippen LogP contribution >= 0.6 is 0 Å². The smallest absolute Gasteiger partial charge is 0.339 e. The fourth-order valence-corrected chi connectivity index (χ4v) is 6.03. The van der Waals surface area contributed by atoms with Crippen molar-refractivity contribution >= 4 is 20.2 Å². The Hall–Kier alpha value is -1.90. The molecule has 0 spiro atoms. The molecule has 2 aromatic carbocycles. The first-order chi connectivity index (χ1) is 14.6. The van der Waals surface area contributed by atoms with Crippen molar-refractivity contribution in [2.75, 3.05) is 0 Å². The molecule has 0 aliphatic carbocycles. The van der Waals surface area contributed by atoms with E-state index < -0.39 is 20.2 Å². The average Bonchev–Trinajstić information content (AvgIpc) is 2.65. The molecular formula is C24H33O6S2-. The Kier molecular flexibility index (Phi) is 7.85. The number of hydrogen-bond acceptors (Lipinski definition) is 6. The van der Waals surface area contributed by atoms with Crippen molar-refractivity contribution in [3.63, 3.8) is 0 Å². The van der Waals surface area contributed by atoms with E-state index in [-0.39, 0.29) is 44.8 Å². The van der Waals surface area contributed by atoms with Crippen LogP contribution in [-0.4, -0.2) is 21.4 Å². The SMILES string of the molecule is CC(C)c1cc(C(C)C)c(S(=O)(=O)Oc2ccc(S(=O)(=O)[O-])c(C(C)C)c2)c(C(C)C)c1. The van der Waals surface area contributed by atoms with Gasteiger partial charge in [0.15, 0.2) is 0 Å². The molecule has 0 bridgehead atoms. The monoisotopic (exact) mass is 481 g/mol. The summed E-state index contributed by atoms with van der Waals surface area (Å²) >= 11 is 0. The fourth-order valence-electron chi connectivity index (χ4n) is 3.60. The Morgan fingerprint density at radius 3 is 1.53 bits per heavy atom. The fraction of sp³-hybridized carbons (Fsp3) is 0.500. The van der Waals surface area contributed by atoms with Gasteiger partial charge in [-0.15, -0.1) is 0 Å². The molecule has 0 heterocycles. The van der Waals surface area contributed by atoms with Crippen LogP contribution < -0.4 is 4.18 Å². The van der Waals surface area contributed by atoms with Gasteiger partial charge in [0, 0.05) is 0 Å². The van der Waals surface area contributed by atoms with Gasteiger partial charge in [-0.05, 0) is 64.1 Å². The molecule has 0 aromatic heterocycles. The summed E-state index contributed by atoms with van der Waals surface area (Å²) in [6.45, 7) is 15.3. The van der Waals surface area contributed by atoms with Gasteiger partial charge in [0.05, 0.1) is 4.90 Å². The van der Waals surface area contributed by atoms with E-state index in [0.717, 1.165) is 11.6 Å². The third-order valence-electron chi connectivity index (χ3n) is 5.41. The zero-order valence-electron chi connectivity index (χ0n) is 20.0. The molecule has 0 atom stereocenters. The van der Waals surface area contributed by atoms with Crippen LogP contribution in [0, 0.1) is 0 Å². The predicted octanol–water partition coefficient (Wildman–Crippen LogP) is 5.85. The lowest BCUT2D eigenvalue weighted by Gasteiger charge is -2.23. The summed E-state index contributed by atoms with van der Waals surface area (Å²) in [5.74, 6) is -0.225. The van der Waals surface area contributed by atoms with Crippen molar-refractivity contribution in [1.29, 1.82) is 0 Å². The molecular weight excluding hydrogens is 448 g/mol. The molecule has 0 saturated heterocycles. The topological polar surface area (TPSA) is 101 Å². The van der Waals surface area contributed by atoms with E-state index >= 15 is 0 Å². The van der Waals surface area contributed by atoms with E-state index in [1.54, 1.807) is 13.8 Å². The van der Waals surface area contributed by atoms with Gasteiger partial charge in [-0.3, -0.25) is 0 Å². The van der Waals surface area contributed by atoms with E-state index in [0.29, 0.717) is 11.1 Å². The highest BCUT2D eigenvalue weighted by molar-refractivity contribution is 7.87. The van der Waals surface area contributed by atoms with Crippen LogP contribution in [0.2, 0.25) is 0 Å². The van der Waals surface area contributed by atoms with Crippen LogP contribution in [0.15, 0.2) is 40.1 Å². The molecule has 2 rings (SSSR count). The van der Waals surface area contributed by atoms with Gasteiger partial charge in [0.25, 0.3) is 0 Å². The Morgan fingerprint density at radius 1 is 0.688 bits per heavy atom. The summed E-state index contributed by atoms with van der Waals surface area (Å²) in [5, 5.41) is 0. The van der Waals surface area contributed by atoms with Crippen molar-refractivity contribution in [3.8, 4) is 5.75 Å². The molecule has 0 N–H and O–H groups in total. The summed E-state index contributed by atoms with van der Waals surface area (Å²) < 4.78 is 67.3. The second-order valence-corrected chi connectivity index (χ2v) is 12.2. The van der Waals surface area contributed by atoms with E-state index in [4.69, 9.17) is 4.18 Å². The lowest BCUT2D eigenvalue weighted by molar-refractivity contribution is 0.461. The second kappa shape index (κ2) is 9.53. The molecule has 0 unspecified atom stereocenters. The minimum Gasteiger partial charge on any atom is -0.744 e. The number of hydrogen-bond donors (Lipinski definition) is 0. The predicted molar refractivity (Wildman–Crippen MR) is 125 cm³/mol. The molecule has 178 valence electrons. The van der Waals surface area contributed by atoms with Crippen LogP contribution in [0.3, 0.4) is 0 Å². The lowest BCUT2D eigenvalue weighted by atomic mass is 9.89. The minimum absolute atomic E-state index is 0.0292. The molecule has 0 fully saturated rings. The largest absolute Gasteiger partial charge is 0.744 e. The third-order valence-corrected chi connectivity index (χ3v) is 7.70. The van der Waals surface area contributed by atoms with E-state index in [2.05, 4.69) is 13.8 Å². The Bertz CT molecular complexity index is 1160. The molecule has 0 radical (unpaired) electrons.